The fourth-order valence-electron chi connectivity index (χ4n) is 3.22. The molecule has 10 heteroatoms. The molecule has 1 atom stereocenters. The average Bonchev–Trinajstić information content (AvgIpc) is 3.13. The van der Waals surface area contributed by atoms with Crippen molar-refractivity contribution in [3.8, 4) is 0 Å². The minimum atomic E-state index is -0.514. The number of thioether (sulfide) groups is 1. The molecule has 34 heavy (non-hydrogen) atoms. The summed E-state index contributed by atoms with van der Waals surface area (Å²) in [6.45, 7) is -0.286. The summed E-state index contributed by atoms with van der Waals surface area (Å²) < 4.78 is 1.76. The highest BCUT2D eigenvalue weighted by Gasteiger charge is 2.38. The number of nitrogens with one attached hydrogen (secondary N) is 2. The number of hydrogen-bond donors (Lipinski definition) is 2. The van der Waals surface area contributed by atoms with Gasteiger partial charge < -0.3 is 5.32 Å². The van der Waals surface area contributed by atoms with Gasteiger partial charge >= 0.3 is 0 Å². The number of carbonyl (C=O) groups excluding carboxylic acids is 3. The quantitative estimate of drug-likeness (QED) is 0.400. The molecule has 3 amide bonds. The van der Waals surface area contributed by atoms with Crippen LogP contribution in [-0.2, 0) is 9.59 Å². The highest BCUT2D eigenvalue weighted by Crippen LogP contribution is 2.45. The Morgan fingerprint density at radius 1 is 1.03 bits per heavy atom. The van der Waals surface area contributed by atoms with Crippen LogP contribution in [-0.4, -0.2) is 34.3 Å². The predicted octanol–water partition coefficient (Wildman–Crippen LogP) is 4.68. The lowest BCUT2D eigenvalue weighted by Crippen LogP contribution is -2.48. The molecule has 0 spiro atoms. The maximum Gasteiger partial charge on any atom is 0.280 e. The summed E-state index contributed by atoms with van der Waals surface area (Å²) in [6.07, 6.45) is 4.79. The maximum atomic E-state index is 13.3. The van der Waals surface area contributed by atoms with Crippen LogP contribution in [0.15, 0.2) is 86.9 Å². The van der Waals surface area contributed by atoms with E-state index in [2.05, 4.69) is 47.6 Å². The van der Waals surface area contributed by atoms with Crippen LogP contribution in [0.1, 0.15) is 26.9 Å². The van der Waals surface area contributed by atoms with Crippen LogP contribution in [0.25, 0.3) is 6.08 Å². The molecule has 1 aliphatic heterocycles. The minimum absolute atomic E-state index is 0.286. The molecule has 172 valence electrons. The summed E-state index contributed by atoms with van der Waals surface area (Å²) in [5.41, 5.74) is 4.75. The van der Waals surface area contributed by atoms with Crippen molar-refractivity contribution in [3.05, 3.63) is 104 Å². The Balaban J connectivity index is 1.53. The summed E-state index contributed by atoms with van der Waals surface area (Å²) >= 11 is 8.25. The van der Waals surface area contributed by atoms with Gasteiger partial charge in [0.05, 0.1) is 11.4 Å². The van der Waals surface area contributed by atoms with Crippen molar-refractivity contribution in [2.24, 2.45) is 0 Å². The van der Waals surface area contributed by atoms with Gasteiger partial charge in [-0.3, -0.25) is 24.8 Å². The number of amides is 3. The van der Waals surface area contributed by atoms with Gasteiger partial charge in [0, 0.05) is 26.9 Å². The van der Waals surface area contributed by atoms with Gasteiger partial charge in [-0.25, -0.2) is 5.01 Å². The smallest absolute Gasteiger partial charge is 0.280 e. The van der Waals surface area contributed by atoms with E-state index in [1.165, 1.54) is 29.2 Å². The number of carbonyl (C=O) groups is 3. The largest absolute Gasteiger partial charge is 0.343 e. The summed E-state index contributed by atoms with van der Waals surface area (Å²) in [5, 5.41) is 3.39. The number of hydrazine groups is 1. The number of pyridine rings is 1. The van der Waals surface area contributed by atoms with Gasteiger partial charge in [0.1, 0.15) is 5.37 Å². The van der Waals surface area contributed by atoms with E-state index in [9.17, 15) is 14.4 Å². The number of nitrogens with zero attached hydrogens (tertiary/aromatic N) is 2. The van der Waals surface area contributed by atoms with Gasteiger partial charge in [-0.05, 0) is 53.6 Å². The third-order valence-electron chi connectivity index (χ3n) is 4.78. The Hall–Kier alpha value is -2.95. The Labute approximate surface area is 217 Å². The van der Waals surface area contributed by atoms with Crippen molar-refractivity contribution in [1.29, 1.82) is 0 Å². The molecule has 0 aliphatic carbocycles. The molecule has 1 fully saturated rings. The fraction of sp³-hybridized carbons (Fsp3) is 0.0833. The molecular formula is C24H18Br2N4O3S. The Bertz CT molecular complexity index is 1270. The van der Waals surface area contributed by atoms with Crippen LogP contribution in [0.2, 0.25) is 0 Å². The minimum Gasteiger partial charge on any atom is -0.343 e. The number of benzene rings is 2. The van der Waals surface area contributed by atoms with E-state index < -0.39 is 17.2 Å². The van der Waals surface area contributed by atoms with Crippen LogP contribution >= 0.6 is 43.6 Å². The van der Waals surface area contributed by atoms with Crippen molar-refractivity contribution >= 4 is 67.4 Å². The van der Waals surface area contributed by atoms with Gasteiger partial charge in [-0.2, -0.15) is 0 Å². The topological polar surface area (TPSA) is 91.4 Å². The van der Waals surface area contributed by atoms with Crippen molar-refractivity contribution in [2.75, 3.05) is 6.54 Å². The number of halogens is 2. The lowest BCUT2D eigenvalue weighted by molar-refractivity contribution is -0.137. The van der Waals surface area contributed by atoms with Crippen LogP contribution < -0.4 is 10.7 Å². The highest BCUT2D eigenvalue weighted by atomic mass is 79.9. The van der Waals surface area contributed by atoms with Crippen molar-refractivity contribution < 1.29 is 14.4 Å². The molecule has 3 aromatic rings. The summed E-state index contributed by atoms with van der Waals surface area (Å²) in [7, 11) is 0. The molecule has 2 N–H and O–H groups in total. The molecule has 2 aromatic carbocycles. The summed E-state index contributed by atoms with van der Waals surface area (Å²) in [4.78, 5) is 42.5. The molecule has 1 aliphatic rings. The number of rotatable bonds is 6. The molecule has 7 nitrogen and oxygen atoms in total. The first kappa shape index (κ1) is 24.2. The van der Waals surface area contributed by atoms with Crippen molar-refractivity contribution in [2.45, 2.75) is 5.37 Å². The summed E-state index contributed by atoms with van der Waals surface area (Å²) in [5.74, 6) is -1.25. The van der Waals surface area contributed by atoms with E-state index in [4.69, 9.17) is 0 Å². The van der Waals surface area contributed by atoms with Crippen LogP contribution in [0.5, 0.6) is 0 Å². The van der Waals surface area contributed by atoms with E-state index in [1.807, 2.05) is 48.5 Å². The van der Waals surface area contributed by atoms with E-state index in [0.29, 0.717) is 10.5 Å². The van der Waals surface area contributed by atoms with Crippen LogP contribution in [0.4, 0.5) is 0 Å². The first-order chi connectivity index (χ1) is 16.4. The molecule has 2 heterocycles. The van der Waals surface area contributed by atoms with Gasteiger partial charge in [-0.15, -0.1) is 0 Å². The lowest BCUT2D eigenvalue weighted by atomic mass is 10.2. The maximum absolute atomic E-state index is 13.3. The first-order valence-corrected chi connectivity index (χ1v) is 12.6. The van der Waals surface area contributed by atoms with Crippen molar-refractivity contribution in [1.82, 2.24) is 20.7 Å². The molecule has 1 unspecified atom stereocenters. The fourth-order valence-corrected chi connectivity index (χ4v) is 5.23. The van der Waals surface area contributed by atoms with E-state index >= 15 is 0 Å². The average molecular weight is 602 g/mol. The number of aromatic nitrogens is 1. The van der Waals surface area contributed by atoms with Crippen LogP contribution in [0.3, 0.4) is 0 Å². The van der Waals surface area contributed by atoms with E-state index in [-0.39, 0.29) is 12.5 Å². The molecule has 1 saturated heterocycles. The molecular weight excluding hydrogens is 584 g/mol. The van der Waals surface area contributed by atoms with E-state index in [1.54, 1.807) is 18.2 Å². The Kier molecular flexibility index (Phi) is 7.81. The van der Waals surface area contributed by atoms with Gasteiger partial charge in [-0.1, -0.05) is 67.9 Å². The van der Waals surface area contributed by atoms with Gasteiger partial charge in [0.2, 0.25) is 0 Å². The Morgan fingerprint density at radius 3 is 2.44 bits per heavy atom. The van der Waals surface area contributed by atoms with Crippen LogP contribution in [0, 0.1) is 0 Å². The number of hydrogen-bond acceptors (Lipinski definition) is 5. The second-order valence-corrected chi connectivity index (χ2v) is 10.2. The predicted molar refractivity (Wildman–Crippen MR) is 138 cm³/mol. The van der Waals surface area contributed by atoms with Crippen molar-refractivity contribution in [3.63, 3.8) is 0 Å². The standard InChI is InChI=1S/C24H18Br2N4O3S/c25-18-5-1-3-15(11-18)12-20-23(33)30(24(34-20)17-4-2-6-19(26)13-17)29-21(31)14-28-22(32)16-7-9-27-10-8-16/h1-13,24H,14H2,(H,28,32)(H,29,31)/b20-12-. The van der Waals surface area contributed by atoms with E-state index in [0.717, 1.165) is 20.1 Å². The molecule has 0 radical (unpaired) electrons. The molecule has 0 saturated carbocycles. The normalized spacial score (nSPS) is 16.5. The monoisotopic (exact) mass is 600 g/mol. The molecule has 0 bridgehead atoms. The summed E-state index contributed by atoms with van der Waals surface area (Å²) in [6, 6.07) is 18.3. The lowest BCUT2D eigenvalue weighted by Gasteiger charge is -2.24. The first-order valence-electron chi connectivity index (χ1n) is 10.1. The Morgan fingerprint density at radius 2 is 1.74 bits per heavy atom. The van der Waals surface area contributed by atoms with Gasteiger partial charge in [0.25, 0.3) is 17.7 Å². The second kappa shape index (κ2) is 11.0. The SMILES string of the molecule is O=C(CNC(=O)c1ccncc1)NN1C(=O)/C(=C/c2cccc(Br)c2)SC1c1cccc(Br)c1. The molecule has 1 aromatic heterocycles. The zero-order chi connectivity index (χ0) is 24.1. The molecule has 4 rings (SSSR count). The second-order valence-electron chi connectivity index (χ2n) is 7.22. The third-order valence-corrected chi connectivity index (χ3v) is 7.02. The van der Waals surface area contributed by atoms with Gasteiger partial charge in [0.15, 0.2) is 0 Å². The third kappa shape index (κ3) is 5.94. The highest BCUT2D eigenvalue weighted by molar-refractivity contribution is 9.10. The zero-order valence-electron chi connectivity index (χ0n) is 17.6. The zero-order valence-corrected chi connectivity index (χ0v) is 21.6.